The molecule has 0 aliphatic carbocycles. The van der Waals surface area contributed by atoms with Crippen molar-refractivity contribution in [3.63, 3.8) is 0 Å². The molecule has 26 heavy (non-hydrogen) atoms. The Morgan fingerprint density at radius 2 is 1.19 bits per heavy atom. The lowest BCUT2D eigenvalue weighted by Crippen LogP contribution is -2.13. The van der Waals surface area contributed by atoms with Crippen LogP contribution in [0, 0.1) is 0 Å². The second kappa shape index (κ2) is 11.8. The lowest BCUT2D eigenvalue weighted by atomic mass is 10.1. The molecule has 0 aliphatic rings. The molecule has 0 heterocycles. The van der Waals surface area contributed by atoms with Crippen LogP contribution in [-0.4, -0.2) is 25.9 Å². The van der Waals surface area contributed by atoms with Gasteiger partial charge in [-0.25, -0.2) is 0 Å². The number of halogens is 2. The van der Waals surface area contributed by atoms with Crippen molar-refractivity contribution in [1.82, 2.24) is 0 Å². The summed E-state index contributed by atoms with van der Waals surface area (Å²) < 4.78 is 5.74. The van der Waals surface area contributed by atoms with Crippen molar-refractivity contribution in [3.8, 4) is 5.75 Å². The maximum absolute atomic E-state index is 5.75. The van der Waals surface area contributed by atoms with E-state index in [-0.39, 0.29) is 24.8 Å². The zero-order chi connectivity index (χ0) is 17.4. The van der Waals surface area contributed by atoms with E-state index in [1.165, 1.54) is 14.2 Å². The summed E-state index contributed by atoms with van der Waals surface area (Å²) in [5.41, 5.74) is 14.0. The van der Waals surface area contributed by atoms with Crippen LogP contribution in [0.3, 0.4) is 0 Å². The molecule has 0 spiro atoms. The minimum Gasteiger partial charge on any atom is -0.489 e. The fourth-order valence-electron chi connectivity index (χ4n) is 1.96. The second-order valence-electron chi connectivity index (χ2n) is 4.83. The first-order valence-electron chi connectivity index (χ1n) is 7.20. The zero-order valence-corrected chi connectivity index (χ0v) is 16.0. The summed E-state index contributed by atoms with van der Waals surface area (Å²) in [6.07, 6.45) is 0. The fraction of sp³-hybridized carbons (Fsp3) is 0.176. The molecule has 0 bridgehead atoms. The third-order valence-corrected chi connectivity index (χ3v) is 3.18. The number of ether oxygens (including phenoxy) is 1. The molecule has 7 nitrogen and oxygen atoms in total. The number of hydrogen-bond donors (Lipinski definition) is 2. The van der Waals surface area contributed by atoms with E-state index in [4.69, 9.17) is 16.2 Å². The molecule has 9 heteroatoms. The summed E-state index contributed by atoms with van der Waals surface area (Å²) in [7, 11) is 2.90. The highest BCUT2D eigenvalue weighted by Gasteiger charge is 2.02. The molecule has 0 aliphatic heterocycles. The monoisotopic (exact) mass is 400 g/mol. The number of nitrogens with zero attached hydrogens (tertiary/aromatic N) is 2. The molecular weight excluding hydrogens is 379 g/mol. The Labute approximate surface area is 164 Å². The summed E-state index contributed by atoms with van der Waals surface area (Å²) in [4.78, 5) is 9.29. The molecular formula is C17H22Cl2N4O3. The first-order valence-corrected chi connectivity index (χ1v) is 7.20. The van der Waals surface area contributed by atoms with Crippen LogP contribution in [0.5, 0.6) is 5.75 Å². The number of amidine groups is 2. The first-order chi connectivity index (χ1) is 11.6. The van der Waals surface area contributed by atoms with Gasteiger partial charge in [-0.2, -0.15) is 0 Å². The molecule has 0 unspecified atom stereocenters. The fourth-order valence-corrected chi connectivity index (χ4v) is 1.96. The number of oxime groups is 2. The zero-order valence-electron chi connectivity index (χ0n) is 14.4. The summed E-state index contributed by atoms with van der Waals surface area (Å²) in [5.74, 6) is 1.37. The van der Waals surface area contributed by atoms with Gasteiger partial charge in [0.25, 0.3) is 0 Å². The van der Waals surface area contributed by atoms with E-state index in [1.807, 2.05) is 48.5 Å². The van der Waals surface area contributed by atoms with Gasteiger partial charge in [-0.15, -0.1) is 24.8 Å². The van der Waals surface area contributed by atoms with Gasteiger partial charge < -0.3 is 25.9 Å². The highest BCUT2D eigenvalue weighted by molar-refractivity contribution is 5.97. The van der Waals surface area contributed by atoms with Crippen LogP contribution >= 0.6 is 24.8 Å². The van der Waals surface area contributed by atoms with E-state index in [2.05, 4.69) is 20.0 Å². The molecule has 4 N–H and O–H groups in total. The Kier molecular flexibility index (Phi) is 10.6. The van der Waals surface area contributed by atoms with Crippen LogP contribution < -0.4 is 16.2 Å². The Hall–Kier alpha value is -2.64. The predicted molar refractivity (Wildman–Crippen MR) is 107 cm³/mol. The lowest BCUT2D eigenvalue weighted by Gasteiger charge is -2.08. The molecule has 2 rings (SSSR count). The number of hydrogen-bond acceptors (Lipinski definition) is 5. The molecule has 142 valence electrons. The van der Waals surface area contributed by atoms with Crippen LogP contribution in [0.25, 0.3) is 0 Å². The average Bonchev–Trinajstić information content (AvgIpc) is 2.61. The van der Waals surface area contributed by atoms with Gasteiger partial charge in [0.05, 0.1) is 0 Å². The molecule has 0 atom stereocenters. The van der Waals surface area contributed by atoms with Crippen LogP contribution in [-0.2, 0) is 16.3 Å². The lowest BCUT2D eigenvalue weighted by molar-refractivity contribution is 0.213. The maximum Gasteiger partial charge on any atom is 0.170 e. The van der Waals surface area contributed by atoms with Gasteiger partial charge in [0.15, 0.2) is 11.7 Å². The predicted octanol–water partition coefficient (Wildman–Crippen LogP) is 2.64. The Morgan fingerprint density at radius 1 is 0.769 bits per heavy atom. The summed E-state index contributed by atoms with van der Waals surface area (Å²) in [6, 6.07) is 14.9. The van der Waals surface area contributed by atoms with Crippen LogP contribution in [0.15, 0.2) is 58.8 Å². The first kappa shape index (κ1) is 23.4. The van der Waals surface area contributed by atoms with Crippen molar-refractivity contribution >= 4 is 36.5 Å². The van der Waals surface area contributed by atoms with Gasteiger partial charge in [0, 0.05) is 11.1 Å². The maximum atomic E-state index is 5.75. The highest BCUT2D eigenvalue weighted by Crippen LogP contribution is 2.15. The van der Waals surface area contributed by atoms with Gasteiger partial charge in [0.2, 0.25) is 0 Å². The third kappa shape index (κ3) is 6.70. The van der Waals surface area contributed by atoms with Gasteiger partial charge in [-0.05, 0) is 29.8 Å². The van der Waals surface area contributed by atoms with Crippen molar-refractivity contribution in [2.75, 3.05) is 14.2 Å². The van der Waals surface area contributed by atoms with Crippen molar-refractivity contribution in [3.05, 3.63) is 65.2 Å². The van der Waals surface area contributed by atoms with Gasteiger partial charge in [0.1, 0.15) is 26.6 Å². The van der Waals surface area contributed by atoms with E-state index in [1.54, 1.807) is 0 Å². The van der Waals surface area contributed by atoms with E-state index in [9.17, 15) is 0 Å². The van der Waals surface area contributed by atoms with E-state index < -0.39 is 0 Å². The Balaban J connectivity index is 0.00000312. The molecule has 0 amide bonds. The summed E-state index contributed by atoms with van der Waals surface area (Å²) >= 11 is 0. The number of rotatable bonds is 7. The highest BCUT2D eigenvalue weighted by atomic mass is 35.5. The van der Waals surface area contributed by atoms with Crippen LogP contribution in [0.2, 0.25) is 0 Å². The minimum atomic E-state index is 0. The molecule has 0 aromatic heterocycles. The van der Waals surface area contributed by atoms with Gasteiger partial charge in [-0.3, -0.25) is 0 Å². The molecule has 2 aromatic rings. The summed E-state index contributed by atoms with van der Waals surface area (Å²) in [6.45, 7) is 0.433. The topological polar surface area (TPSA) is 104 Å². The smallest absolute Gasteiger partial charge is 0.170 e. The van der Waals surface area contributed by atoms with Crippen LogP contribution in [0.4, 0.5) is 0 Å². The average molecular weight is 401 g/mol. The number of benzene rings is 2. The Bertz CT molecular complexity index is 656. The van der Waals surface area contributed by atoms with Crippen molar-refractivity contribution in [2.45, 2.75) is 6.61 Å². The quantitative estimate of drug-likeness (QED) is 0.422. The molecule has 0 radical (unpaired) electrons. The molecule has 0 saturated heterocycles. The SMILES string of the molecule is CO/N=C(\N)c1ccc(COc2ccc(/C(N)=N/OC)cc2)cc1.Cl.Cl. The summed E-state index contributed by atoms with van der Waals surface area (Å²) in [5, 5.41) is 7.37. The largest absolute Gasteiger partial charge is 0.489 e. The second-order valence-corrected chi connectivity index (χ2v) is 4.83. The van der Waals surface area contributed by atoms with E-state index >= 15 is 0 Å². The van der Waals surface area contributed by atoms with E-state index in [0.29, 0.717) is 18.3 Å². The normalized spacial score (nSPS) is 11.0. The molecule has 0 fully saturated rings. The number of nitrogens with two attached hydrogens (primary N) is 2. The van der Waals surface area contributed by atoms with Crippen molar-refractivity contribution in [1.29, 1.82) is 0 Å². The van der Waals surface area contributed by atoms with Gasteiger partial charge >= 0.3 is 0 Å². The third-order valence-electron chi connectivity index (χ3n) is 3.18. The Morgan fingerprint density at radius 3 is 1.62 bits per heavy atom. The van der Waals surface area contributed by atoms with Crippen LogP contribution in [0.1, 0.15) is 16.7 Å². The van der Waals surface area contributed by atoms with Crippen molar-refractivity contribution in [2.24, 2.45) is 21.8 Å². The van der Waals surface area contributed by atoms with Gasteiger partial charge in [-0.1, -0.05) is 34.6 Å². The minimum absolute atomic E-state index is 0. The van der Waals surface area contributed by atoms with Crippen molar-refractivity contribution < 1.29 is 14.4 Å². The van der Waals surface area contributed by atoms with E-state index in [0.717, 1.165) is 22.4 Å². The molecule has 2 aromatic carbocycles. The standard InChI is InChI=1S/C17H20N4O3.2ClH/c1-22-20-16(18)13-5-3-12(4-6-13)11-24-15-9-7-14(8-10-15)17(19)21-23-2;;/h3-10H,11H2,1-2H3,(H2,18,20)(H2,19,21);2*1H. The molecule has 0 saturated carbocycles.